The summed E-state index contributed by atoms with van der Waals surface area (Å²) < 4.78 is 0. The van der Waals surface area contributed by atoms with Crippen LogP contribution < -0.4 is 21.3 Å². The third-order valence-corrected chi connectivity index (χ3v) is 3.88. The van der Waals surface area contributed by atoms with Crippen LogP contribution in [-0.2, 0) is 0 Å². The highest BCUT2D eigenvalue weighted by atomic mass is 16.2. The van der Waals surface area contributed by atoms with Crippen molar-refractivity contribution in [2.24, 2.45) is 11.7 Å². The van der Waals surface area contributed by atoms with Crippen molar-refractivity contribution in [1.29, 1.82) is 0 Å². The zero-order valence-corrected chi connectivity index (χ0v) is 10.2. The van der Waals surface area contributed by atoms with E-state index in [1.54, 1.807) is 4.90 Å². The molecule has 2 unspecified atom stereocenters. The highest BCUT2D eigenvalue weighted by Gasteiger charge is 2.36. The number of carbonyl (C=O) groups excluding carboxylic acids is 1. The Morgan fingerprint density at radius 3 is 2.89 bits per heavy atom. The van der Waals surface area contributed by atoms with Crippen LogP contribution in [-0.4, -0.2) is 31.7 Å². The fraction of sp³-hybridized carbons (Fsp3) is 0.462. The van der Waals surface area contributed by atoms with Gasteiger partial charge < -0.3 is 16.4 Å². The SMILES string of the molecule is NC(=O)N1c2ccccc2NCC1C1CCNC1. The summed E-state index contributed by atoms with van der Waals surface area (Å²) in [5, 5.41) is 6.74. The Hall–Kier alpha value is -1.75. The van der Waals surface area contributed by atoms with Crippen LogP contribution in [0.5, 0.6) is 0 Å². The molecule has 1 aromatic rings. The van der Waals surface area contributed by atoms with E-state index in [4.69, 9.17) is 5.73 Å². The third kappa shape index (κ3) is 1.80. The number of benzene rings is 1. The van der Waals surface area contributed by atoms with Crippen LogP contribution in [0.25, 0.3) is 0 Å². The molecule has 0 radical (unpaired) electrons. The van der Waals surface area contributed by atoms with Crippen LogP contribution in [0.1, 0.15) is 6.42 Å². The normalized spacial score (nSPS) is 26.6. The number of para-hydroxylation sites is 2. The number of anilines is 2. The number of fused-ring (bicyclic) bond motifs is 1. The minimum atomic E-state index is -0.360. The van der Waals surface area contributed by atoms with Crippen molar-refractivity contribution in [1.82, 2.24) is 5.32 Å². The lowest BCUT2D eigenvalue weighted by Crippen LogP contribution is -2.53. The molecule has 0 spiro atoms. The number of nitrogens with one attached hydrogen (secondary N) is 2. The van der Waals surface area contributed by atoms with E-state index < -0.39 is 0 Å². The molecule has 2 aliphatic rings. The Morgan fingerprint density at radius 1 is 1.33 bits per heavy atom. The van der Waals surface area contributed by atoms with Crippen molar-refractivity contribution < 1.29 is 4.79 Å². The average Bonchev–Trinajstić information content (AvgIpc) is 2.90. The summed E-state index contributed by atoms with van der Waals surface area (Å²) >= 11 is 0. The molecule has 2 amide bonds. The lowest BCUT2D eigenvalue weighted by molar-refractivity contribution is 0.249. The van der Waals surface area contributed by atoms with Crippen molar-refractivity contribution in [3.63, 3.8) is 0 Å². The number of hydrogen-bond donors (Lipinski definition) is 3. The van der Waals surface area contributed by atoms with Gasteiger partial charge in [0.05, 0.1) is 17.4 Å². The van der Waals surface area contributed by atoms with Gasteiger partial charge in [-0.1, -0.05) is 12.1 Å². The third-order valence-electron chi connectivity index (χ3n) is 3.88. The molecule has 2 atom stereocenters. The van der Waals surface area contributed by atoms with Gasteiger partial charge in [-0.3, -0.25) is 4.90 Å². The summed E-state index contributed by atoms with van der Waals surface area (Å²) in [6, 6.07) is 7.61. The second-order valence-electron chi connectivity index (χ2n) is 4.93. The standard InChI is InChI=1S/C13H18N4O/c14-13(18)17-11-4-2-1-3-10(11)16-8-12(17)9-5-6-15-7-9/h1-4,9,12,15-16H,5-8H2,(H2,14,18). The molecule has 5 nitrogen and oxygen atoms in total. The first-order chi connectivity index (χ1) is 8.77. The van der Waals surface area contributed by atoms with E-state index in [0.29, 0.717) is 5.92 Å². The lowest BCUT2D eigenvalue weighted by Gasteiger charge is -2.39. The molecule has 2 heterocycles. The summed E-state index contributed by atoms with van der Waals surface area (Å²) in [6.45, 7) is 2.75. The molecule has 0 aliphatic carbocycles. The predicted molar refractivity (Wildman–Crippen MR) is 71.8 cm³/mol. The second-order valence-corrected chi connectivity index (χ2v) is 4.93. The monoisotopic (exact) mass is 246 g/mol. The van der Waals surface area contributed by atoms with E-state index in [-0.39, 0.29) is 12.1 Å². The van der Waals surface area contributed by atoms with Crippen LogP contribution in [0, 0.1) is 5.92 Å². The Labute approximate surface area is 106 Å². The maximum Gasteiger partial charge on any atom is 0.319 e. The van der Waals surface area contributed by atoms with Gasteiger partial charge in [0.2, 0.25) is 0 Å². The maximum absolute atomic E-state index is 11.8. The van der Waals surface area contributed by atoms with Crippen LogP contribution in [0.4, 0.5) is 16.2 Å². The summed E-state index contributed by atoms with van der Waals surface area (Å²) in [5.41, 5.74) is 7.46. The van der Waals surface area contributed by atoms with E-state index in [9.17, 15) is 4.79 Å². The molecule has 1 saturated heterocycles. The molecule has 0 aromatic heterocycles. The van der Waals surface area contributed by atoms with Crippen molar-refractivity contribution in [3.8, 4) is 0 Å². The Balaban J connectivity index is 1.95. The van der Waals surface area contributed by atoms with Crippen molar-refractivity contribution in [3.05, 3.63) is 24.3 Å². The molecule has 18 heavy (non-hydrogen) atoms. The number of urea groups is 1. The molecule has 1 aromatic carbocycles. The topological polar surface area (TPSA) is 70.4 Å². The Bertz CT molecular complexity index is 456. The first-order valence-corrected chi connectivity index (χ1v) is 6.39. The fourth-order valence-electron chi connectivity index (χ4n) is 2.98. The first-order valence-electron chi connectivity index (χ1n) is 6.39. The van der Waals surface area contributed by atoms with Gasteiger partial charge in [0.15, 0.2) is 0 Å². The Kier molecular flexibility index (Phi) is 2.83. The van der Waals surface area contributed by atoms with E-state index >= 15 is 0 Å². The lowest BCUT2D eigenvalue weighted by atomic mass is 9.94. The predicted octanol–water partition coefficient (Wildman–Crippen LogP) is 0.975. The molecule has 4 N–H and O–H groups in total. The van der Waals surface area contributed by atoms with Gasteiger partial charge >= 0.3 is 6.03 Å². The number of nitrogens with two attached hydrogens (primary N) is 1. The van der Waals surface area contributed by atoms with Gasteiger partial charge in [0, 0.05) is 13.1 Å². The van der Waals surface area contributed by atoms with Crippen LogP contribution in [0.2, 0.25) is 0 Å². The molecular formula is C13H18N4O. The minimum Gasteiger partial charge on any atom is -0.381 e. The van der Waals surface area contributed by atoms with E-state index in [1.165, 1.54) is 0 Å². The number of amides is 2. The van der Waals surface area contributed by atoms with Crippen LogP contribution in [0.3, 0.4) is 0 Å². The van der Waals surface area contributed by atoms with E-state index in [1.807, 2.05) is 24.3 Å². The molecule has 96 valence electrons. The van der Waals surface area contributed by atoms with Gasteiger partial charge in [0.25, 0.3) is 0 Å². The van der Waals surface area contributed by atoms with Gasteiger partial charge in [-0.2, -0.15) is 0 Å². The van der Waals surface area contributed by atoms with Gasteiger partial charge in [-0.05, 0) is 31.0 Å². The number of rotatable bonds is 1. The molecular weight excluding hydrogens is 228 g/mol. The zero-order valence-electron chi connectivity index (χ0n) is 10.2. The summed E-state index contributed by atoms with van der Waals surface area (Å²) in [4.78, 5) is 13.5. The molecule has 3 rings (SSSR count). The molecule has 1 fully saturated rings. The number of hydrogen-bond acceptors (Lipinski definition) is 3. The maximum atomic E-state index is 11.8. The highest BCUT2D eigenvalue weighted by molar-refractivity contribution is 5.96. The second kappa shape index (κ2) is 4.49. The quantitative estimate of drug-likeness (QED) is 0.691. The first kappa shape index (κ1) is 11.3. The van der Waals surface area contributed by atoms with Crippen molar-refractivity contribution in [2.45, 2.75) is 12.5 Å². The van der Waals surface area contributed by atoms with Crippen molar-refractivity contribution in [2.75, 3.05) is 29.9 Å². The van der Waals surface area contributed by atoms with Gasteiger partial charge in [-0.15, -0.1) is 0 Å². The van der Waals surface area contributed by atoms with Crippen LogP contribution >= 0.6 is 0 Å². The van der Waals surface area contributed by atoms with Crippen molar-refractivity contribution >= 4 is 17.4 Å². The summed E-state index contributed by atoms with van der Waals surface area (Å²) in [6.07, 6.45) is 1.10. The molecule has 0 bridgehead atoms. The Morgan fingerprint density at radius 2 is 2.17 bits per heavy atom. The smallest absolute Gasteiger partial charge is 0.319 e. The average molecular weight is 246 g/mol. The van der Waals surface area contributed by atoms with Gasteiger partial charge in [-0.25, -0.2) is 4.79 Å². The fourth-order valence-corrected chi connectivity index (χ4v) is 2.98. The van der Waals surface area contributed by atoms with Gasteiger partial charge in [0.1, 0.15) is 0 Å². The molecule has 0 saturated carbocycles. The largest absolute Gasteiger partial charge is 0.381 e. The van der Waals surface area contributed by atoms with E-state index in [0.717, 1.165) is 37.4 Å². The number of primary amides is 1. The highest BCUT2D eigenvalue weighted by Crippen LogP contribution is 2.34. The zero-order chi connectivity index (χ0) is 12.5. The van der Waals surface area contributed by atoms with Crippen LogP contribution in [0.15, 0.2) is 24.3 Å². The number of nitrogens with zero attached hydrogens (tertiary/aromatic N) is 1. The minimum absolute atomic E-state index is 0.146. The summed E-state index contributed by atoms with van der Waals surface area (Å²) in [5.74, 6) is 0.471. The van der Waals surface area contributed by atoms with E-state index in [2.05, 4.69) is 10.6 Å². The summed E-state index contributed by atoms with van der Waals surface area (Å²) in [7, 11) is 0. The molecule has 5 heteroatoms. The number of carbonyl (C=O) groups is 1. The molecule has 2 aliphatic heterocycles.